The van der Waals surface area contributed by atoms with E-state index in [0.29, 0.717) is 47.2 Å². The van der Waals surface area contributed by atoms with Crippen molar-refractivity contribution >= 4 is 62.9 Å². The summed E-state index contributed by atoms with van der Waals surface area (Å²) >= 11 is 8.67. The monoisotopic (exact) mass is 585 g/mol. The number of carbonyl (C=O) groups excluding carboxylic acids is 1. The summed E-state index contributed by atoms with van der Waals surface area (Å²) in [7, 11) is 3.27. The van der Waals surface area contributed by atoms with E-state index in [1.54, 1.807) is 14.2 Å². The number of ether oxygens (including phenoxy) is 4. The van der Waals surface area contributed by atoms with Crippen molar-refractivity contribution in [2.24, 2.45) is 0 Å². The molecule has 1 fully saturated rings. The standard InChI is InChI=1S/C23H24INO5S2/c1-15-4-6-17(7-5-15)29-10-8-28-9-11-30-21-18(24)12-16(13-19(21)27-3)14-20-22(26)25(2)23(31)32-20/h4-7,12-14H,8-11H2,1-3H3/b20-14-. The molecule has 1 saturated heterocycles. The normalized spacial score (nSPS) is 14.9. The summed E-state index contributed by atoms with van der Waals surface area (Å²) in [4.78, 5) is 14.3. The van der Waals surface area contributed by atoms with Crippen LogP contribution in [0.1, 0.15) is 11.1 Å². The van der Waals surface area contributed by atoms with Gasteiger partial charge in [0.15, 0.2) is 11.5 Å². The number of aryl methyl sites for hydroxylation is 1. The van der Waals surface area contributed by atoms with Crippen molar-refractivity contribution in [3.05, 3.63) is 56.0 Å². The van der Waals surface area contributed by atoms with Crippen LogP contribution in [0.4, 0.5) is 0 Å². The minimum atomic E-state index is -0.0993. The molecule has 32 heavy (non-hydrogen) atoms. The van der Waals surface area contributed by atoms with E-state index < -0.39 is 0 Å². The molecule has 3 rings (SSSR count). The highest BCUT2D eigenvalue weighted by molar-refractivity contribution is 14.1. The van der Waals surface area contributed by atoms with Gasteiger partial charge in [0.25, 0.3) is 5.91 Å². The number of hydrogen-bond acceptors (Lipinski definition) is 7. The van der Waals surface area contributed by atoms with Crippen molar-refractivity contribution in [2.45, 2.75) is 6.92 Å². The Hall–Kier alpha value is -1.82. The number of amides is 1. The molecule has 0 unspecified atom stereocenters. The summed E-state index contributed by atoms with van der Waals surface area (Å²) in [6.45, 7) is 3.79. The van der Waals surface area contributed by atoms with Gasteiger partial charge in [-0.1, -0.05) is 41.7 Å². The molecule has 0 atom stereocenters. The number of nitrogens with zero attached hydrogens (tertiary/aromatic N) is 1. The van der Waals surface area contributed by atoms with Crippen LogP contribution in [-0.2, 0) is 9.53 Å². The first-order valence-electron chi connectivity index (χ1n) is 9.88. The van der Waals surface area contributed by atoms with Crippen molar-refractivity contribution in [3.63, 3.8) is 0 Å². The van der Waals surface area contributed by atoms with Crippen LogP contribution in [0.3, 0.4) is 0 Å². The zero-order valence-corrected chi connectivity index (χ0v) is 21.8. The summed E-state index contributed by atoms with van der Waals surface area (Å²) in [5.74, 6) is 1.97. The van der Waals surface area contributed by atoms with E-state index >= 15 is 0 Å². The Labute approximate surface area is 211 Å². The third-order valence-corrected chi connectivity index (χ3v) is 6.81. The molecule has 1 aliphatic heterocycles. The minimum Gasteiger partial charge on any atom is -0.493 e. The van der Waals surface area contributed by atoms with Crippen molar-refractivity contribution in [1.82, 2.24) is 4.90 Å². The lowest BCUT2D eigenvalue weighted by atomic mass is 10.2. The lowest BCUT2D eigenvalue weighted by molar-refractivity contribution is -0.121. The van der Waals surface area contributed by atoms with Crippen molar-refractivity contribution in [2.75, 3.05) is 40.6 Å². The van der Waals surface area contributed by atoms with Gasteiger partial charge >= 0.3 is 0 Å². The second kappa shape index (κ2) is 11.9. The Balaban J connectivity index is 1.49. The van der Waals surface area contributed by atoms with Gasteiger partial charge in [0.05, 0.1) is 28.8 Å². The molecule has 1 amide bonds. The molecule has 0 spiro atoms. The van der Waals surface area contributed by atoms with Gasteiger partial charge < -0.3 is 18.9 Å². The average Bonchev–Trinajstić information content (AvgIpc) is 3.01. The number of carbonyl (C=O) groups is 1. The second-order valence-corrected chi connectivity index (χ2v) is 9.74. The van der Waals surface area contributed by atoms with Gasteiger partial charge in [-0.3, -0.25) is 9.69 Å². The van der Waals surface area contributed by atoms with E-state index in [2.05, 4.69) is 22.6 Å². The third-order valence-electron chi connectivity index (χ3n) is 4.53. The number of methoxy groups -OCH3 is 1. The minimum absolute atomic E-state index is 0.0993. The molecule has 6 nitrogen and oxygen atoms in total. The van der Waals surface area contributed by atoms with Crippen LogP contribution in [0.25, 0.3) is 6.08 Å². The molecule has 1 heterocycles. The highest BCUT2D eigenvalue weighted by Crippen LogP contribution is 2.37. The lowest BCUT2D eigenvalue weighted by Gasteiger charge is -2.14. The molecule has 0 saturated carbocycles. The Bertz CT molecular complexity index is 1010. The molecule has 2 aromatic rings. The van der Waals surface area contributed by atoms with Gasteiger partial charge in [-0.15, -0.1) is 0 Å². The van der Waals surface area contributed by atoms with E-state index in [1.807, 2.05) is 49.4 Å². The molecule has 9 heteroatoms. The Morgan fingerprint density at radius 3 is 2.41 bits per heavy atom. The van der Waals surface area contributed by atoms with Crippen LogP contribution in [-0.4, -0.2) is 55.7 Å². The zero-order valence-electron chi connectivity index (χ0n) is 18.1. The van der Waals surface area contributed by atoms with Gasteiger partial charge in [0.2, 0.25) is 0 Å². The molecule has 1 aliphatic rings. The van der Waals surface area contributed by atoms with Crippen LogP contribution < -0.4 is 14.2 Å². The van der Waals surface area contributed by atoms with Crippen molar-refractivity contribution < 1.29 is 23.7 Å². The van der Waals surface area contributed by atoms with Crippen molar-refractivity contribution in [1.29, 1.82) is 0 Å². The largest absolute Gasteiger partial charge is 0.493 e. The number of thiocarbonyl (C=S) groups is 1. The molecule has 0 radical (unpaired) electrons. The molecule has 0 N–H and O–H groups in total. The van der Waals surface area contributed by atoms with Crippen LogP contribution >= 0.6 is 46.6 Å². The maximum atomic E-state index is 12.2. The van der Waals surface area contributed by atoms with Gasteiger partial charge in [-0.05, 0) is 65.4 Å². The molecule has 170 valence electrons. The number of thioether (sulfide) groups is 1. The van der Waals surface area contributed by atoms with Crippen LogP contribution in [0, 0.1) is 10.5 Å². The van der Waals surface area contributed by atoms with E-state index in [9.17, 15) is 4.79 Å². The predicted octanol–water partition coefficient (Wildman–Crippen LogP) is 4.91. The number of likely N-dealkylation sites (N-methyl/N-ethyl adjacent to an activating group) is 1. The summed E-state index contributed by atoms with van der Waals surface area (Å²) < 4.78 is 24.1. The van der Waals surface area contributed by atoms with Crippen LogP contribution in [0.5, 0.6) is 17.2 Å². The molecular weight excluding hydrogens is 561 g/mol. The smallest absolute Gasteiger partial charge is 0.265 e. The molecular formula is C23H24INO5S2. The quantitative estimate of drug-likeness (QED) is 0.170. The van der Waals surface area contributed by atoms with Gasteiger partial charge in [0, 0.05) is 7.05 Å². The number of hydrogen-bond donors (Lipinski definition) is 0. The Morgan fingerprint density at radius 1 is 1.09 bits per heavy atom. The van der Waals surface area contributed by atoms with Gasteiger partial charge in [-0.2, -0.15) is 0 Å². The summed E-state index contributed by atoms with van der Waals surface area (Å²) in [6, 6.07) is 11.7. The fraction of sp³-hybridized carbons (Fsp3) is 0.304. The number of benzene rings is 2. The van der Waals surface area contributed by atoms with Crippen LogP contribution in [0.2, 0.25) is 0 Å². The first-order chi connectivity index (χ1) is 15.4. The third kappa shape index (κ3) is 6.60. The summed E-state index contributed by atoms with van der Waals surface area (Å²) in [6.07, 6.45) is 1.81. The summed E-state index contributed by atoms with van der Waals surface area (Å²) in [5.41, 5.74) is 2.04. The molecule has 2 aromatic carbocycles. The fourth-order valence-corrected chi connectivity index (χ4v) is 4.78. The zero-order chi connectivity index (χ0) is 23.1. The van der Waals surface area contributed by atoms with Gasteiger partial charge in [-0.25, -0.2) is 0 Å². The highest BCUT2D eigenvalue weighted by atomic mass is 127. The van der Waals surface area contributed by atoms with E-state index in [1.165, 1.54) is 22.2 Å². The average molecular weight is 585 g/mol. The van der Waals surface area contributed by atoms with Crippen LogP contribution in [0.15, 0.2) is 41.3 Å². The number of halogens is 1. The first-order valence-corrected chi connectivity index (χ1v) is 12.2. The highest BCUT2D eigenvalue weighted by Gasteiger charge is 2.28. The summed E-state index contributed by atoms with van der Waals surface area (Å²) in [5, 5.41) is 0. The first kappa shape index (κ1) is 24.8. The molecule has 0 aromatic heterocycles. The van der Waals surface area contributed by atoms with Crippen molar-refractivity contribution in [3.8, 4) is 17.2 Å². The predicted molar refractivity (Wildman–Crippen MR) is 140 cm³/mol. The Morgan fingerprint density at radius 2 is 1.78 bits per heavy atom. The van der Waals surface area contributed by atoms with E-state index in [4.69, 9.17) is 31.2 Å². The van der Waals surface area contributed by atoms with Gasteiger partial charge in [0.1, 0.15) is 23.3 Å². The molecule has 0 aliphatic carbocycles. The molecule has 0 bridgehead atoms. The second-order valence-electron chi connectivity index (χ2n) is 6.90. The maximum absolute atomic E-state index is 12.2. The van der Waals surface area contributed by atoms with E-state index in [-0.39, 0.29) is 5.91 Å². The topological polar surface area (TPSA) is 57.2 Å². The maximum Gasteiger partial charge on any atom is 0.265 e. The Kier molecular flexibility index (Phi) is 9.21. The SMILES string of the molecule is COc1cc(/C=C2\SC(=S)N(C)C2=O)cc(I)c1OCCOCCOc1ccc(C)cc1. The number of rotatable bonds is 10. The fourth-order valence-electron chi connectivity index (χ4n) is 2.82. The van der Waals surface area contributed by atoms with E-state index in [0.717, 1.165) is 14.9 Å². The lowest BCUT2D eigenvalue weighted by Crippen LogP contribution is -2.22.